The largest absolute Gasteiger partial charge is 0.347 e. The van der Waals surface area contributed by atoms with Crippen molar-refractivity contribution in [3.8, 4) is 0 Å². The Hall–Kier alpha value is -1.79. The maximum Gasteiger partial charge on any atom is 0.241 e. The molecule has 3 N–H and O–H groups in total. The normalized spacial score (nSPS) is 17.6. The maximum absolute atomic E-state index is 12.3. The van der Waals surface area contributed by atoms with Gasteiger partial charge in [-0.1, -0.05) is 12.1 Å². The second-order valence-corrected chi connectivity index (χ2v) is 5.50. The van der Waals surface area contributed by atoms with Crippen LogP contribution in [0.15, 0.2) is 35.5 Å². The van der Waals surface area contributed by atoms with E-state index in [1.807, 2.05) is 30.5 Å². The molecule has 20 heavy (non-hydrogen) atoms. The number of carbonyl (C=O) groups is 1. The number of aromatic amines is 1. The van der Waals surface area contributed by atoms with Gasteiger partial charge in [-0.05, 0) is 18.4 Å². The number of H-pyrrole nitrogens is 1. The number of imidazole rings is 1. The molecule has 1 atom stereocenters. The Kier molecular flexibility index (Phi) is 3.75. The third kappa shape index (κ3) is 2.57. The number of anilines is 1. The molecule has 1 aromatic heterocycles. The molecule has 0 saturated carbocycles. The number of hydrogen-bond donors (Lipinski definition) is 3. The van der Waals surface area contributed by atoms with Gasteiger partial charge in [0.15, 0.2) is 0 Å². The lowest BCUT2D eigenvalue weighted by Crippen LogP contribution is -2.44. The van der Waals surface area contributed by atoms with Crippen LogP contribution in [0.2, 0.25) is 0 Å². The van der Waals surface area contributed by atoms with E-state index in [9.17, 15) is 4.79 Å². The highest BCUT2D eigenvalue weighted by Gasteiger charge is 2.26. The Labute approximate surface area is 121 Å². The van der Waals surface area contributed by atoms with Gasteiger partial charge in [0.1, 0.15) is 0 Å². The number of aromatic nitrogens is 2. The molecule has 1 aliphatic rings. The molecule has 1 amide bonds. The molecule has 0 aliphatic carbocycles. The summed E-state index contributed by atoms with van der Waals surface area (Å²) in [5.74, 6) is -0.0137. The zero-order valence-corrected chi connectivity index (χ0v) is 12.0. The second-order valence-electron chi connectivity index (χ2n) is 4.65. The summed E-state index contributed by atoms with van der Waals surface area (Å²) in [4.78, 5) is 20.7. The van der Waals surface area contributed by atoms with Crippen LogP contribution in [-0.2, 0) is 17.8 Å². The first-order valence-electron chi connectivity index (χ1n) is 6.46. The van der Waals surface area contributed by atoms with Gasteiger partial charge in [-0.25, -0.2) is 4.98 Å². The number of benzene rings is 1. The number of hydrogen-bond acceptors (Lipinski definition) is 4. The van der Waals surface area contributed by atoms with Crippen LogP contribution < -0.4 is 10.6 Å². The standard InChI is InChI=1S/C14H16N4OS/c1-20-13-5-3-2-4-9(13)18-14(19)11-6-10-12(7-15-11)17-8-16-10/h2-5,8,11,15H,6-7H2,1H3,(H,16,17)(H,18,19). The Balaban J connectivity index is 1.71. The van der Waals surface area contributed by atoms with Crippen molar-refractivity contribution in [3.05, 3.63) is 42.0 Å². The molecule has 0 fully saturated rings. The van der Waals surface area contributed by atoms with E-state index in [2.05, 4.69) is 20.6 Å². The number of thioether (sulfide) groups is 1. The van der Waals surface area contributed by atoms with Crippen LogP contribution >= 0.6 is 11.8 Å². The molecular formula is C14H16N4OS. The summed E-state index contributed by atoms with van der Waals surface area (Å²) in [6.07, 6.45) is 4.29. The van der Waals surface area contributed by atoms with Crippen LogP contribution in [0.4, 0.5) is 5.69 Å². The minimum atomic E-state index is -0.235. The molecule has 5 nitrogen and oxygen atoms in total. The lowest BCUT2D eigenvalue weighted by Gasteiger charge is -2.22. The summed E-state index contributed by atoms with van der Waals surface area (Å²) >= 11 is 1.62. The van der Waals surface area contributed by atoms with Crippen molar-refractivity contribution >= 4 is 23.4 Å². The van der Waals surface area contributed by atoms with Crippen LogP contribution in [0.3, 0.4) is 0 Å². The highest BCUT2D eigenvalue weighted by Crippen LogP contribution is 2.25. The Morgan fingerprint density at radius 3 is 3.15 bits per heavy atom. The van der Waals surface area contributed by atoms with E-state index in [1.165, 1.54) is 0 Å². The third-order valence-electron chi connectivity index (χ3n) is 3.41. The number of nitrogens with zero attached hydrogens (tertiary/aromatic N) is 1. The first-order valence-corrected chi connectivity index (χ1v) is 7.69. The van der Waals surface area contributed by atoms with Gasteiger partial charge in [-0.2, -0.15) is 0 Å². The second kappa shape index (κ2) is 5.68. The van der Waals surface area contributed by atoms with E-state index >= 15 is 0 Å². The summed E-state index contributed by atoms with van der Waals surface area (Å²) < 4.78 is 0. The number of para-hydroxylation sites is 1. The van der Waals surface area contributed by atoms with Crippen molar-refractivity contribution in [1.82, 2.24) is 15.3 Å². The number of amides is 1. The van der Waals surface area contributed by atoms with Gasteiger partial charge in [0.2, 0.25) is 5.91 Å². The molecule has 1 aliphatic heterocycles. The van der Waals surface area contributed by atoms with Crippen LogP contribution in [0.5, 0.6) is 0 Å². The van der Waals surface area contributed by atoms with Crippen molar-refractivity contribution < 1.29 is 4.79 Å². The molecule has 0 radical (unpaired) electrons. The smallest absolute Gasteiger partial charge is 0.241 e. The fraction of sp³-hybridized carbons (Fsp3) is 0.286. The molecule has 3 rings (SSSR count). The molecule has 0 spiro atoms. The summed E-state index contributed by atoms with van der Waals surface area (Å²) in [7, 11) is 0. The Bertz CT molecular complexity index is 625. The highest BCUT2D eigenvalue weighted by molar-refractivity contribution is 7.98. The Morgan fingerprint density at radius 2 is 2.30 bits per heavy atom. The molecule has 6 heteroatoms. The molecule has 0 bridgehead atoms. The fourth-order valence-corrected chi connectivity index (χ4v) is 2.88. The van der Waals surface area contributed by atoms with Crippen LogP contribution in [-0.4, -0.2) is 28.2 Å². The van der Waals surface area contributed by atoms with E-state index in [0.717, 1.165) is 22.0 Å². The van der Waals surface area contributed by atoms with E-state index < -0.39 is 0 Å². The first kappa shape index (κ1) is 13.2. The average Bonchev–Trinajstić information content (AvgIpc) is 2.95. The summed E-state index contributed by atoms with van der Waals surface area (Å²) in [6, 6.07) is 7.58. The number of carbonyl (C=O) groups excluding carboxylic acids is 1. The summed E-state index contributed by atoms with van der Waals surface area (Å²) in [6.45, 7) is 0.650. The van der Waals surface area contributed by atoms with Gasteiger partial charge in [0, 0.05) is 17.9 Å². The third-order valence-corrected chi connectivity index (χ3v) is 4.21. The molecule has 1 aromatic carbocycles. The molecule has 2 heterocycles. The molecule has 2 aromatic rings. The van der Waals surface area contributed by atoms with Gasteiger partial charge >= 0.3 is 0 Å². The predicted octanol–water partition coefficient (Wildman–Crippen LogP) is 1.78. The number of fused-ring (bicyclic) bond motifs is 1. The number of nitrogens with one attached hydrogen (secondary N) is 3. The number of rotatable bonds is 3. The zero-order valence-electron chi connectivity index (χ0n) is 11.1. The molecule has 104 valence electrons. The SMILES string of the molecule is CSc1ccccc1NC(=O)C1Cc2nc[nH]c2CN1. The topological polar surface area (TPSA) is 69.8 Å². The van der Waals surface area contributed by atoms with Crippen molar-refractivity contribution in [2.75, 3.05) is 11.6 Å². The fourth-order valence-electron chi connectivity index (χ4n) is 2.32. The first-order chi connectivity index (χ1) is 9.78. The molecular weight excluding hydrogens is 272 g/mol. The van der Waals surface area contributed by atoms with E-state index in [4.69, 9.17) is 0 Å². The lowest BCUT2D eigenvalue weighted by molar-refractivity contribution is -0.118. The summed E-state index contributed by atoms with van der Waals surface area (Å²) in [5.41, 5.74) is 2.90. The van der Waals surface area contributed by atoms with E-state index in [0.29, 0.717) is 13.0 Å². The average molecular weight is 288 g/mol. The minimum Gasteiger partial charge on any atom is -0.347 e. The van der Waals surface area contributed by atoms with E-state index in [-0.39, 0.29) is 11.9 Å². The maximum atomic E-state index is 12.3. The van der Waals surface area contributed by atoms with E-state index in [1.54, 1.807) is 18.1 Å². The van der Waals surface area contributed by atoms with Crippen molar-refractivity contribution in [1.29, 1.82) is 0 Å². The summed E-state index contributed by atoms with van der Waals surface area (Å²) in [5, 5.41) is 6.22. The van der Waals surface area contributed by atoms with Gasteiger partial charge in [-0.15, -0.1) is 11.8 Å². The van der Waals surface area contributed by atoms with Crippen LogP contribution in [0, 0.1) is 0 Å². The predicted molar refractivity (Wildman–Crippen MR) is 79.8 cm³/mol. The monoisotopic (exact) mass is 288 g/mol. The molecule has 1 unspecified atom stereocenters. The van der Waals surface area contributed by atoms with Gasteiger partial charge in [-0.3, -0.25) is 10.1 Å². The zero-order chi connectivity index (χ0) is 13.9. The van der Waals surface area contributed by atoms with Crippen molar-refractivity contribution in [2.24, 2.45) is 0 Å². The van der Waals surface area contributed by atoms with Crippen LogP contribution in [0.25, 0.3) is 0 Å². The van der Waals surface area contributed by atoms with Crippen molar-refractivity contribution in [3.63, 3.8) is 0 Å². The molecule has 0 saturated heterocycles. The van der Waals surface area contributed by atoms with Gasteiger partial charge < -0.3 is 10.3 Å². The Morgan fingerprint density at radius 1 is 1.45 bits per heavy atom. The highest BCUT2D eigenvalue weighted by atomic mass is 32.2. The van der Waals surface area contributed by atoms with Crippen LogP contribution in [0.1, 0.15) is 11.4 Å². The van der Waals surface area contributed by atoms with Gasteiger partial charge in [0.05, 0.1) is 29.4 Å². The van der Waals surface area contributed by atoms with Crippen molar-refractivity contribution in [2.45, 2.75) is 23.9 Å². The quantitative estimate of drug-likeness (QED) is 0.753. The lowest BCUT2D eigenvalue weighted by atomic mass is 10.0. The van der Waals surface area contributed by atoms with Gasteiger partial charge in [0.25, 0.3) is 0 Å². The minimum absolute atomic E-state index is 0.0137.